The molecule has 0 saturated heterocycles. The van der Waals surface area contributed by atoms with Gasteiger partial charge in [0.25, 0.3) is 0 Å². The molecular weight excluding hydrogens is 1560 g/mol. The van der Waals surface area contributed by atoms with Crippen LogP contribution in [0.15, 0.2) is 385 Å². The summed E-state index contributed by atoms with van der Waals surface area (Å²) in [6, 6.07) is 136. The fraction of sp³-hybridized carbons (Fsp3) is 0.0420. The van der Waals surface area contributed by atoms with Gasteiger partial charge in [-0.3, -0.25) is 0 Å². The van der Waals surface area contributed by atoms with Crippen LogP contribution >= 0.6 is 34.0 Å². The lowest BCUT2D eigenvalue weighted by Gasteiger charge is -2.11. The first kappa shape index (κ1) is 70.2. The van der Waals surface area contributed by atoms with Crippen molar-refractivity contribution in [2.75, 3.05) is 0 Å². The van der Waals surface area contributed by atoms with Crippen molar-refractivity contribution in [3.05, 3.63) is 432 Å². The molecule has 0 spiro atoms. The fourth-order valence-electron chi connectivity index (χ4n) is 22.3. The van der Waals surface area contributed by atoms with E-state index in [1.807, 2.05) is 40.1 Å². The number of benzene rings is 21. The third kappa shape index (κ3) is 10.4. The first-order valence-electron chi connectivity index (χ1n) is 43.1. The monoisotopic (exact) mass is 1630 g/mol. The highest BCUT2D eigenvalue weighted by atomic mass is 32.1. The Morgan fingerprint density at radius 3 is 1.01 bits per heavy atom. The second-order valence-electron chi connectivity index (χ2n) is 33.9. The van der Waals surface area contributed by atoms with Gasteiger partial charge in [0.2, 0.25) is 0 Å². The van der Waals surface area contributed by atoms with E-state index in [-0.39, 0.29) is 0 Å². The van der Waals surface area contributed by atoms with Crippen LogP contribution in [0.1, 0.15) is 55.6 Å². The van der Waals surface area contributed by atoms with Gasteiger partial charge in [-0.05, 0) is 195 Å². The quantitative estimate of drug-likeness (QED) is 0.151. The number of rotatable bonds is 0. The van der Waals surface area contributed by atoms with Gasteiger partial charge >= 0.3 is 0 Å². The predicted molar refractivity (Wildman–Crippen MR) is 532 cm³/mol. The van der Waals surface area contributed by atoms with Gasteiger partial charge in [0.1, 0.15) is 22.3 Å². The zero-order valence-electron chi connectivity index (χ0n) is 67.4. The van der Waals surface area contributed by atoms with E-state index in [1.165, 1.54) is 258 Å². The van der Waals surface area contributed by atoms with E-state index in [4.69, 9.17) is 8.83 Å². The fourth-order valence-corrected chi connectivity index (χ4v) is 26.0. The second-order valence-corrected chi connectivity index (χ2v) is 37.0. The number of hydrogen-bond donors (Lipinski definition) is 0. The van der Waals surface area contributed by atoms with Crippen LogP contribution in [0.3, 0.4) is 0 Å². The summed E-state index contributed by atoms with van der Waals surface area (Å²) in [5.41, 5.74) is 32.5. The molecule has 0 bridgehead atoms. The zero-order valence-corrected chi connectivity index (χ0v) is 69.8. The number of fused-ring (bicyclic) bond motifs is 51. The smallest absolute Gasteiger partial charge is 0.140 e. The Hall–Kier alpha value is -14.6. The van der Waals surface area contributed by atoms with Gasteiger partial charge in [0.15, 0.2) is 0 Å². The Bertz CT molecular complexity index is 8680. The van der Waals surface area contributed by atoms with Gasteiger partial charge in [0.05, 0.1) is 0 Å². The van der Waals surface area contributed by atoms with E-state index in [2.05, 4.69) is 370 Å². The first-order chi connectivity index (χ1) is 61.5. The minimum absolute atomic E-state index is 0.927. The average Bonchev–Trinajstić information content (AvgIpc) is 1.56. The number of furan rings is 2. The van der Waals surface area contributed by atoms with Gasteiger partial charge in [-0.1, -0.05) is 346 Å². The topological polar surface area (TPSA) is 26.3 Å². The lowest BCUT2D eigenvalue weighted by Crippen LogP contribution is -1.86. The SMILES string of the molecule is c1ccc2c(c1)Cc1c-2c2ccccc2c2c1oc1ccccc12.c1ccc2c(c1)Cc1c-2c2ccccc2c2c1sc1ccccc12.c1ccc2c(c1)Cc1c-2ccc2c1sc1ccccc12.c1ccc2c3c(ccc2c1)Cc1c-3c2ccccc2c2c1oc1ccccc12.c1ccc2c3c(ccc2c1)Cc1c-3c2ccccc2c2c1sc1ccccc12. The molecule has 0 N–H and O–H groups in total. The van der Waals surface area contributed by atoms with Crippen molar-refractivity contribution in [2.45, 2.75) is 32.1 Å². The van der Waals surface area contributed by atoms with E-state index in [9.17, 15) is 0 Å². The minimum atomic E-state index is 0.927. The molecule has 2 nitrogen and oxygen atoms in total. The summed E-state index contributed by atoms with van der Waals surface area (Å²) in [4.78, 5) is 0. The van der Waals surface area contributed by atoms with Crippen molar-refractivity contribution >= 4 is 203 Å². The lowest BCUT2D eigenvalue weighted by molar-refractivity contribution is 0.665. The van der Waals surface area contributed by atoms with E-state index in [1.54, 1.807) is 0 Å². The molecule has 5 aliphatic rings. The first-order valence-corrected chi connectivity index (χ1v) is 45.6. The molecule has 0 fully saturated rings. The van der Waals surface area contributed by atoms with Gasteiger partial charge in [0, 0.05) is 125 Å². The maximum atomic E-state index is 6.45. The van der Waals surface area contributed by atoms with Crippen LogP contribution in [0, 0.1) is 0 Å². The van der Waals surface area contributed by atoms with Crippen molar-refractivity contribution in [1.82, 2.24) is 0 Å². The van der Waals surface area contributed by atoms with E-state index in [0.29, 0.717) is 0 Å². The highest BCUT2D eigenvalue weighted by Crippen LogP contribution is 2.57. The molecule has 5 aromatic heterocycles. The highest BCUT2D eigenvalue weighted by Gasteiger charge is 2.33. The van der Waals surface area contributed by atoms with Crippen LogP contribution in [0.5, 0.6) is 0 Å². The Balaban J connectivity index is 0.0000000814. The third-order valence-corrected chi connectivity index (χ3v) is 31.2. The zero-order chi connectivity index (χ0) is 80.9. The molecule has 0 aliphatic heterocycles. The highest BCUT2D eigenvalue weighted by molar-refractivity contribution is 7.27. The van der Waals surface area contributed by atoms with Gasteiger partial charge in [-0.15, -0.1) is 34.0 Å². The second kappa shape index (κ2) is 27.5. The van der Waals surface area contributed by atoms with Crippen LogP contribution in [-0.2, 0) is 32.1 Å². The van der Waals surface area contributed by atoms with E-state index < -0.39 is 0 Å². The molecule has 0 radical (unpaired) electrons. The van der Waals surface area contributed by atoms with Crippen LogP contribution < -0.4 is 0 Å². The predicted octanol–water partition coefficient (Wildman–Crippen LogP) is 34.1. The van der Waals surface area contributed by atoms with Crippen LogP contribution in [0.4, 0.5) is 0 Å². The summed E-state index contributed by atoms with van der Waals surface area (Å²) >= 11 is 5.85. The molecule has 0 unspecified atom stereocenters. The van der Waals surface area contributed by atoms with Crippen molar-refractivity contribution in [3.8, 4) is 55.6 Å². The van der Waals surface area contributed by atoms with E-state index >= 15 is 0 Å². The van der Waals surface area contributed by atoms with Gasteiger partial charge in [-0.2, -0.15) is 0 Å². The third-order valence-electron chi connectivity index (χ3n) is 27.4. The maximum absolute atomic E-state index is 6.45. The van der Waals surface area contributed by atoms with Crippen molar-refractivity contribution < 1.29 is 8.83 Å². The summed E-state index contributed by atoms with van der Waals surface area (Å²) in [5.74, 6) is 0. The standard InChI is InChI=1S/C27H16O.C27H16S.C23H14O.C23H14S.C19H12S/c2*1-2-8-18-16(7-1)13-14-17-15-22-25(24(17)18)19-9-3-4-10-20(19)26-21-11-5-6-12-23(21)28-27(22)26;2*1-2-8-15-14(7-1)13-19-21(15)16-9-3-4-10-17(16)22-18-11-5-6-12-20(18)24-23(19)22;1-2-6-13-12(5-1)11-17-14(13)9-10-16-15-7-3-4-8-18(15)20-19(16)17/h2*1-14H,15H2;2*1-12H,13H2;1-10H,11H2. The molecule has 124 heavy (non-hydrogen) atoms. The molecule has 5 aliphatic carbocycles. The van der Waals surface area contributed by atoms with Crippen molar-refractivity contribution in [3.63, 3.8) is 0 Å². The van der Waals surface area contributed by atoms with Crippen molar-refractivity contribution in [2.24, 2.45) is 0 Å². The number of hydrogen-bond acceptors (Lipinski definition) is 5. The minimum Gasteiger partial charge on any atom is -0.456 e. The molecular formula is C119H72O2S3. The van der Waals surface area contributed by atoms with Crippen LogP contribution in [0.2, 0.25) is 0 Å². The maximum Gasteiger partial charge on any atom is 0.140 e. The Labute approximate surface area is 725 Å². The molecule has 5 heterocycles. The number of para-hydroxylation sites is 2. The van der Waals surface area contributed by atoms with Gasteiger partial charge in [-0.25, -0.2) is 0 Å². The summed E-state index contributed by atoms with van der Waals surface area (Å²) in [6.07, 6.45) is 5.04. The summed E-state index contributed by atoms with van der Waals surface area (Å²) in [5, 5.41) is 29.5. The van der Waals surface area contributed by atoms with Gasteiger partial charge < -0.3 is 8.83 Å². The van der Waals surface area contributed by atoms with Crippen molar-refractivity contribution in [1.29, 1.82) is 0 Å². The lowest BCUT2D eigenvalue weighted by atomic mass is 9.92. The average molecular weight is 1630 g/mol. The number of thiophene rings is 3. The summed E-state index contributed by atoms with van der Waals surface area (Å²) in [7, 11) is 0. The molecule has 0 saturated carbocycles. The Kier molecular flexibility index (Phi) is 15.5. The van der Waals surface area contributed by atoms with Crippen LogP contribution in [0.25, 0.3) is 225 Å². The molecule has 0 amide bonds. The molecule has 578 valence electrons. The summed E-state index contributed by atoms with van der Waals surface area (Å²) in [6.45, 7) is 0. The van der Waals surface area contributed by atoms with E-state index in [0.717, 1.165) is 54.4 Å². The van der Waals surface area contributed by atoms with Crippen LogP contribution in [-0.4, -0.2) is 0 Å². The normalized spacial score (nSPS) is 12.8. The summed E-state index contributed by atoms with van der Waals surface area (Å²) < 4.78 is 21.4. The molecule has 31 rings (SSSR count). The molecule has 0 atom stereocenters. The molecule has 26 aromatic rings. The largest absolute Gasteiger partial charge is 0.456 e. The molecule has 5 heteroatoms. The Morgan fingerprint density at radius 1 is 0.169 bits per heavy atom. The Morgan fingerprint density at radius 2 is 0.492 bits per heavy atom. The molecule has 21 aromatic carbocycles.